The summed E-state index contributed by atoms with van der Waals surface area (Å²) >= 11 is 0. The highest BCUT2D eigenvalue weighted by Gasteiger charge is 2.28. The Balaban J connectivity index is 6.03. The number of rotatable bonds is 50. The lowest BCUT2D eigenvalue weighted by atomic mass is 9.94. The van der Waals surface area contributed by atoms with Crippen LogP contribution in [0.1, 0.15) is 311 Å². The summed E-state index contributed by atoms with van der Waals surface area (Å²) in [5, 5.41) is 0. The van der Waals surface area contributed by atoms with Gasteiger partial charge in [-0.3, -0.25) is 14.4 Å². The molecular weight excluding hydrogens is 781 g/mol. The molecule has 0 aromatic rings. The maximum absolute atomic E-state index is 14.1. The fourth-order valence-corrected chi connectivity index (χ4v) is 9.13. The molecule has 0 aromatic carbocycles. The van der Waals surface area contributed by atoms with Crippen LogP contribution in [-0.2, 0) is 28.6 Å². The molecule has 63 heavy (non-hydrogen) atoms. The van der Waals surface area contributed by atoms with E-state index in [2.05, 4.69) is 41.5 Å². The van der Waals surface area contributed by atoms with E-state index in [1.807, 2.05) is 0 Å². The van der Waals surface area contributed by atoms with E-state index in [0.29, 0.717) is 0 Å². The maximum Gasteiger partial charge on any atom is 0.309 e. The monoisotopic (exact) mass is 891 g/mol. The van der Waals surface area contributed by atoms with E-state index >= 15 is 0 Å². The van der Waals surface area contributed by atoms with E-state index in [9.17, 15) is 14.4 Å². The number of hydrogen-bond donors (Lipinski definition) is 0. The fourth-order valence-electron chi connectivity index (χ4n) is 9.13. The van der Waals surface area contributed by atoms with Gasteiger partial charge in [0.15, 0.2) is 6.10 Å². The van der Waals surface area contributed by atoms with Crippen LogP contribution in [0.25, 0.3) is 0 Å². The summed E-state index contributed by atoms with van der Waals surface area (Å²) in [6.07, 6.45) is 47.1. The number of hydrogen-bond acceptors (Lipinski definition) is 6. The zero-order chi connectivity index (χ0) is 46.3. The molecular formula is C57H110O6. The predicted molar refractivity (Wildman–Crippen MR) is 270 cm³/mol. The Bertz CT molecular complexity index is 930. The van der Waals surface area contributed by atoms with Crippen LogP contribution in [0.4, 0.5) is 0 Å². The molecule has 0 fully saturated rings. The zero-order valence-electron chi connectivity index (χ0n) is 43.4. The molecule has 0 rings (SSSR count). The number of ether oxygens (including phenoxy) is 3. The second-order valence-electron chi connectivity index (χ2n) is 19.7. The number of carbonyl (C=O) groups excluding carboxylic acids is 3. The molecule has 0 heterocycles. The van der Waals surface area contributed by atoms with E-state index in [1.54, 1.807) is 0 Å². The second-order valence-corrected chi connectivity index (χ2v) is 19.7. The molecule has 0 bridgehead atoms. The molecule has 0 N–H and O–H groups in total. The summed E-state index contributed by atoms with van der Waals surface area (Å²) in [5.41, 5.74) is 0. The minimum absolute atomic E-state index is 0.0543. The van der Waals surface area contributed by atoms with Gasteiger partial charge < -0.3 is 14.2 Å². The summed E-state index contributed by atoms with van der Waals surface area (Å²) < 4.78 is 18.5. The summed E-state index contributed by atoms with van der Waals surface area (Å²) in [6, 6.07) is 0. The van der Waals surface area contributed by atoms with Crippen molar-refractivity contribution in [3.8, 4) is 0 Å². The molecule has 0 aliphatic heterocycles. The molecule has 6 heteroatoms. The largest absolute Gasteiger partial charge is 0.461 e. The molecule has 0 aliphatic carbocycles. The molecule has 0 saturated carbocycles. The number of unbranched alkanes of at least 4 members (excludes halogenated alkanes) is 30. The van der Waals surface area contributed by atoms with Gasteiger partial charge in [0.05, 0.1) is 17.8 Å². The van der Waals surface area contributed by atoms with Crippen molar-refractivity contribution < 1.29 is 28.6 Å². The third-order valence-electron chi connectivity index (χ3n) is 13.5. The topological polar surface area (TPSA) is 78.9 Å². The van der Waals surface area contributed by atoms with Gasteiger partial charge in [0, 0.05) is 0 Å². The highest BCUT2D eigenvalue weighted by Crippen LogP contribution is 2.25. The van der Waals surface area contributed by atoms with Crippen molar-refractivity contribution in [1.82, 2.24) is 0 Å². The van der Waals surface area contributed by atoms with Gasteiger partial charge >= 0.3 is 17.9 Å². The van der Waals surface area contributed by atoms with Crippen LogP contribution < -0.4 is 0 Å². The van der Waals surface area contributed by atoms with Gasteiger partial charge in [-0.25, -0.2) is 0 Å². The Kier molecular flexibility index (Phi) is 47.1. The lowest BCUT2D eigenvalue weighted by Crippen LogP contribution is -2.35. The van der Waals surface area contributed by atoms with Crippen LogP contribution in [0.15, 0.2) is 0 Å². The van der Waals surface area contributed by atoms with Crippen molar-refractivity contribution in [2.75, 3.05) is 13.2 Å². The normalized spacial score (nSPS) is 13.4. The van der Waals surface area contributed by atoms with Crippen molar-refractivity contribution in [2.24, 2.45) is 17.8 Å². The summed E-state index contributed by atoms with van der Waals surface area (Å²) in [6.45, 7) is 13.4. The first-order valence-electron chi connectivity index (χ1n) is 28.4. The predicted octanol–water partition coefficient (Wildman–Crippen LogP) is 18.3. The molecule has 3 unspecified atom stereocenters. The van der Waals surface area contributed by atoms with E-state index < -0.39 is 6.10 Å². The molecule has 0 spiro atoms. The molecule has 6 nitrogen and oxygen atoms in total. The second kappa shape index (κ2) is 48.3. The first-order chi connectivity index (χ1) is 30.9. The summed E-state index contributed by atoms with van der Waals surface area (Å²) in [4.78, 5) is 41.9. The molecule has 0 amide bonds. The van der Waals surface area contributed by atoms with Crippen molar-refractivity contribution in [3.63, 3.8) is 0 Å². The van der Waals surface area contributed by atoms with Crippen LogP contribution in [-0.4, -0.2) is 37.2 Å². The van der Waals surface area contributed by atoms with Crippen molar-refractivity contribution >= 4 is 17.9 Å². The molecule has 374 valence electrons. The third-order valence-corrected chi connectivity index (χ3v) is 13.5. The highest BCUT2D eigenvalue weighted by atomic mass is 16.6. The minimum atomic E-state index is -0.797. The first kappa shape index (κ1) is 61.4. The van der Waals surface area contributed by atoms with Crippen LogP contribution in [0.3, 0.4) is 0 Å². The Morgan fingerprint density at radius 2 is 0.460 bits per heavy atom. The van der Waals surface area contributed by atoms with Gasteiger partial charge in [0.1, 0.15) is 13.2 Å². The van der Waals surface area contributed by atoms with Gasteiger partial charge in [-0.15, -0.1) is 0 Å². The van der Waals surface area contributed by atoms with Gasteiger partial charge in [-0.1, -0.05) is 273 Å². The Morgan fingerprint density at radius 1 is 0.270 bits per heavy atom. The molecule has 0 aliphatic rings. The number of carbonyl (C=O) groups is 3. The lowest BCUT2D eigenvalue weighted by Gasteiger charge is -2.24. The van der Waals surface area contributed by atoms with Gasteiger partial charge in [0.2, 0.25) is 0 Å². The van der Waals surface area contributed by atoms with Crippen LogP contribution in [0.2, 0.25) is 0 Å². The Labute approximate surface area is 393 Å². The molecule has 0 radical (unpaired) electrons. The Hall–Kier alpha value is -1.59. The third kappa shape index (κ3) is 39.3. The van der Waals surface area contributed by atoms with Crippen LogP contribution in [0, 0.1) is 17.8 Å². The summed E-state index contributed by atoms with van der Waals surface area (Å²) in [7, 11) is 0. The van der Waals surface area contributed by atoms with Gasteiger partial charge in [-0.2, -0.15) is 0 Å². The van der Waals surface area contributed by atoms with Crippen molar-refractivity contribution in [2.45, 2.75) is 317 Å². The van der Waals surface area contributed by atoms with E-state index in [-0.39, 0.29) is 48.9 Å². The highest BCUT2D eigenvalue weighted by molar-refractivity contribution is 5.74. The van der Waals surface area contributed by atoms with Crippen LogP contribution >= 0.6 is 0 Å². The van der Waals surface area contributed by atoms with E-state index in [4.69, 9.17) is 14.2 Å². The average Bonchev–Trinajstić information content (AvgIpc) is 3.28. The number of esters is 3. The maximum atomic E-state index is 14.1. The zero-order valence-corrected chi connectivity index (χ0v) is 43.4. The molecule has 0 aromatic heterocycles. The Morgan fingerprint density at radius 3 is 0.683 bits per heavy atom. The smallest absolute Gasteiger partial charge is 0.309 e. The van der Waals surface area contributed by atoms with Crippen molar-refractivity contribution in [3.05, 3.63) is 0 Å². The minimum Gasteiger partial charge on any atom is -0.461 e. The summed E-state index contributed by atoms with van der Waals surface area (Å²) in [5.74, 6) is -1.04. The molecule has 0 saturated heterocycles. The van der Waals surface area contributed by atoms with E-state index in [0.717, 1.165) is 116 Å². The lowest BCUT2D eigenvalue weighted by molar-refractivity contribution is -0.172. The quantitative estimate of drug-likeness (QED) is 0.0344. The van der Waals surface area contributed by atoms with Gasteiger partial charge in [0.25, 0.3) is 0 Å². The average molecular weight is 892 g/mol. The van der Waals surface area contributed by atoms with E-state index in [1.165, 1.54) is 154 Å². The first-order valence-corrected chi connectivity index (χ1v) is 28.4. The van der Waals surface area contributed by atoms with Crippen molar-refractivity contribution in [1.29, 1.82) is 0 Å². The SMILES string of the molecule is CCCCCCCCCC(CCCCCCC)C(=O)OCC(COC(=O)C(CCCCCCC)CCCCCCCCC)OC(=O)C(CCCCCCC)CCCCCCCCC. The fraction of sp³-hybridized carbons (Fsp3) is 0.947. The van der Waals surface area contributed by atoms with Crippen LogP contribution in [0.5, 0.6) is 0 Å². The van der Waals surface area contributed by atoms with Gasteiger partial charge in [-0.05, 0) is 38.5 Å². The standard InChI is InChI=1S/C57H110O6/c1-7-13-19-25-28-34-40-45-51(43-37-31-22-16-10-4)55(58)61-49-54(63-57(60)53(47-39-33-24-18-12-6)48-42-36-30-27-21-15-9-3)50-62-56(59)52(44-38-32-23-17-11-5)46-41-35-29-26-20-14-8-2/h51-54H,7-50H2,1-6H3. The molecule has 3 atom stereocenters.